The molecular formula is C19H25N5O2. The summed E-state index contributed by atoms with van der Waals surface area (Å²) >= 11 is 0. The van der Waals surface area contributed by atoms with Gasteiger partial charge in [-0.05, 0) is 49.4 Å². The van der Waals surface area contributed by atoms with Crippen LogP contribution in [0.15, 0.2) is 42.7 Å². The molecule has 2 fully saturated rings. The van der Waals surface area contributed by atoms with Gasteiger partial charge in [0.05, 0.1) is 23.9 Å². The van der Waals surface area contributed by atoms with Crippen molar-refractivity contribution in [1.29, 1.82) is 0 Å². The van der Waals surface area contributed by atoms with Gasteiger partial charge in [-0.25, -0.2) is 10.9 Å². The third-order valence-electron chi connectivity index (χ3n) is 5.49. The summed E-state index contributed by atoms with van der Waals surface area (Å²) in [4.78, 5) is 17.3. The minimum absolute atomic E-state index is 0.0359. The summed E-state index contributed by atoms with van der Waals surface area (Å²) in [6.45, 7) is 0. The maximum atomic E-state index is 12.8. The topological polar surface area (TPSA) is 91.2 Å². The van der Waals surface area contributed by atoms with E-state index in [0.29, 0.717) is 19.3 Å². The van der Waals surface area contributed by atoms with Gasteiger partial charge < -0.3 is 15.0 Å². The van der Waals surface area contributed by atoms with Crippen LogP contribution in [0.25, 0.3) is 0 Å². The van der Waals surface area contributed by atoms with Gasteiger partial charge in [-0.3, -0.25) is 9.78 Å². The van der Waals surface area contributed by atoms with Crippen LogP contribution in [-0.4, -0.2) is 32.7 Å². The summed E-state index contributed by atoms with van der Waals surface area (Å²) < 4.78 is 2.06. The molecule has 0 spiro atoms. The Balaban J connectivity index is 1.43. The smallest absolute Gasteiger partial charge is 0.239 e. The Morgan fingerprint density at radius 2 is 2.12 bits per heavy atom. The molecule has 138 valence electrons. The standard InChI is InChI=1S/C19H25N5O2/c1-24-8-4-6-17(24)15-11-16(23-22-15)19(26)21-18(12-9-13(25)10-12)14-5-2-3-7-20-14/h2-8,12-13,15-16,18,22-23,25H,9-11H2,1H3,(H,21,26). The summed E-state index contributed by atoms with van der Waals surface area (Å²) in [6.07, 6.45) is 5.56. The average molecular weight is 355 g/mol. The number of hydrogen-bond donors (Lipinski definition) is 4. The zero-order valence-corrected chi connectivity index (χ0v) is 14.8. The first-order valence-electron chi connectivity index (χ1n) is 9.13. The highest BCUT2D eigenvalue weighted by Gasteiger charge is 2.38. The van der Waals surface area contributed by atoms with Crippen LogP contribution >= 0.6 is 0 Å². The largest absolute Gasteiger partial charge is 0.393 e. The highest BCUT2D eigenvalue weighted by atomic mass is 16.3. The van der Waals surface area contributed by atoms with Crippen molar-refractivity contribution in [3.8, 4) is 0 Å². The Bertz CT molecular complexity index is 756. The molecular weight excluding hydrogens is 330 g/mol. The van der Waals surface area contributed by atoms with Crippen LogP contribution in [0.5, 0.6) is 0 Å². The molecule has 1 saturated carbocycles. The van der Waals surface area contributed by atoms with Gasteiger partial charge in [0, 0.05) is 25.1 Å². The lowest BCUT2D eigenvalue weighted by Crippen LogP contribution is -2.48. The minimum Gasteiger partial charge on any atom is -0.393 e. The molecule has 2 aromatic heterocycles. The first kappa shape index (κ1) is 17.2. The number of carbonyl (C=O) groups excluding carboxylic acids is 1. The van der Waals surface area contributed by atoms with Gasteiger partial charge in [-0.15, -0.1) is 0 Å². The van der Waals surface area contributed by atoms with Gasteiger partial charge in [-0.2, -0.15) is 0 Å². The molecule has 1 aliphatic heterocycles. The van der Waals surface area contributed by atoms with Crippen molar-refractivity contribution in [3.63, 3.8) is 0 Å². The minimum atomic E-state index is -0.300. The zero-order chi connectivity index (χ0) is 18.1. The van der Waals surface area contributed by atoms with Crippen molar-refractivity contribution in [2.45, 2.75) is 43.5 Å². The Hall–Kier alpha value is -2.22. The fourth-order valence-corrected chi connectivity index (χ4v) is 3.91. The molecule has 1 aliphatic carbocycles. The zero-order valence-electron chi connectivity index (χ0n) is 14.8. The van der Waals surface area contributed by atoms with Crippen LogP contribution in [-0.2, 0) is 11.8 Å². The van der Waals surface area contributed by atoms with E-state index < -0.39 is 0 Å². The van der Waals surface area contributed by atoms with E-state index in [-0.39, 0.29) is 36.1 Å². The van der Waals surface area contributed by atoms with Crippen molar-refractivity contribution in [1.82, 2.24) is 25.7 Å². The van der Waals surface area contributed by atoms with E-state index in [2.05, 4.69) is 31.8 Å². The van der Waals surface area contributed by atoms with Crippen LogP contribution < -0.4 is 16.2 Å². The summed E-state index contributed by atoms with van der Waals surface area (Å²) in [6, 6.07) is 9.43. The Morgan fingerprint density at radius 3 is 2.77 bits per heavy atom. The summed E-state index contributed by atoms with van der Waals surface area (Å²) in [5, 5.41) is 12.8. The summed E-state index contributed by atoms with van der Waals surface area (Å²) in [5.41, 5.74) is 8.34. The molecule has 2 aromatic rings. The van der Waals surface area contributed by atoms with Crippen LogP contribution in [0.4, 0.5) is 0 Å². The fraction of sp³-hybridized carbons (Fsp3) is 0.474. The predicted molar refractivity (Wildman–Crippen MR) is 96.7 cm³/mol. The molecule has 3 heterocycles. The Labute approximate surface area is 152 Å². The average Bonchev–Trinajstić information content (AvgIpc) is 3.26. The second-order valence-electron chi connectivity index (χ2n) is 7.30. The van der Waals surface area contributed by atoms with E-state index in [0.717, 1.165) is 11.4 Å². The molecule has 0 radical (unpaired) electrons. The van der Waals surface area contributed by atoms with Crippen LogP contribution in [0.2, 0.25) is 0 Å². The lowest BCUT2D eigenvalue weighted by molar-refractivity contribution is -0.124. The fourth-order valence-electron chi connectivity index (χ4n) is 3.91. The number of aliphatic hydroxyl groups is 1. The molecule has 3 atom stereocenters. The Kier molecular flexibility index (Phi) is 4.76. The third-order valence-corrected chi connectivity index (χ3v) is 5.49. The molecule has 7 heteroatoms. The number of nitrogens with one attached hydrogen (secondary N) is 3. The molecule has 3 unspecified atom stereocenters. The van der Waals surface area contributed by atoms with E-state index in [4.69, 9.17) is 0 Å². The molecule has 0 aromatic carbocycles. The number of aliphatic hydroxyl groups excluding tert-OH is 1. The Morgan fingerprint density at radius 1 is 1.27 bits per heavy atom. The number of amides is 1. The molecule has 4 N–H and O–H groups in total. The number of carbonyl (C=O) groups is 1. The number of hydrogen-bond acceptors (Lipinski definition) is 5. The normalized spacial score (nSPS) is 29.2. The third kappa shape index (κ3) is 3.38. The van der Waals surface area contributed by atoms with Gasteiger partial charge in [0.2, 0.25) is 5.91 Å². The van der Waals surface area contributed by atoms with Gasteiger partial charge in [0.25, 0.3) is 0 Å². The van der Waals surface area contributed by atoms with Crippen molar-refractivity contribution < 1.29 is 9.90 Å². The predicted octanol–water partition coefficient (Wildman–Crippen LogP) is 0.956. The first-order valence-corrected chi connectivity index (χ1v) is 9.13. The summed E-state index contributed by atoms with van der Waals surface area (Å²) in [5.74, 6) is 0.188. The quantitative estimate of drug-likeness (QED) is 0.641. The molecule has 1 amide bonds. The van der Waals surface area contributed by atoms with Crippen LogP contribution in [0, 0.1) is 5.92 Å². The molecule has 2 aliphatic rings. The van der Waals surface area contributed by atoms with E-state index in [1.165, 1.54) is 0 Å². The second-order valence-corrected chi connectivity index (χ2v) is 7.30. The maximum Gasteiger partial charge on any atom is 0.239 e. The lowest BCUT2D eigenvalue weighted by atomic mass is 9.76. The van der Waals surface area contributed by atoms with E-state index in [1.54, 1.807) is 6.20 Å². The van der Waals surface area contributed by atoms with E-state index >= 15 is 0 Å². The molecule has 4 rings (SSSR count). The number of rotatable bonds is 5. The number of pyridine rings is 1. The second kappa shape index (κ2) is 7.19. The van der Waals surface area contributed by atoms with Gasteiger partial charge >= 0.3 is 0 Å². The molecule has 26 heavy (non-hydrogen) atoms. The van der Waals surface area contributed by atoms with Gasteiger partial charge in [-0.1, -0.05) is 6.07 Å². The highest BCUT2D eigenvalue weighted by molar-refractivity contribution is 5.82. The molecule has 7 nitrogen and oxygen atoms in total. The molecule has 1 saturated heterocycles. The number of nitrogens with zero attached hydrogens (tertiary/aromatic N) is 2. The number of aryl methyl sites for hydroxylation is 1. The van der Waals surface area contributed by atoms with Crippen molar-refractivity contribution in [3.05, 3.63) is 54.1 Å². The van der Waals surface area contributed by atoms with Crippen molar-refractivity contribution in [2.75, 3.05) is 0 Å². The van der Waals surface area contributed by atoms with Crippen molar-refractivity contribution >= 4 is 5.91 Å². The van der Waals surface area contributed by atoms with Crippen molar-refractivity contribution in [2.24, 2.45) is 13.0 Å². The highest BCUT2D eigenvalue weighted by Crippen LogP contribution is 2.37. The molecule has 0 bridgehead atoms. The van der Waals surface area contributed by atoms with Gasteiger partial charge in [0.15, 0.2) is 0 Å². The first-order chi connectivity index (χ1) is 12.6. The van der Waals surface area contributed by atoms with E-state index in [9.17, 15) is 9.90 Å². The lowest BCUT2D eigenvalue weighted by Gasteiger charge is -2.38. The van der Waals surface area contributed by atoms with E-state index in [1.807, 2.05) is 37.5 Å². The summed E-state index contributed by atoms with van der Waals surface area (Å²) in [7, 11) is 2.00. The maximum absolute atomic E-state index is 12.8. The van der Waals surface area contributed by atoms with Gasteiger partial charge in [0.1, 0.15) is 6.04 Å². The van der Waals surface area contributed by atoms with Crippen LogP contribution in [0.3, 0.4) is 0 Å². The monoisotopic (exact) mass is 355 g/mol. The SMILES string of the molecule is Cn1cccc1C1CC(C(=O)NC(c2ccccn2)C2CC(O)C2)NN1. The number of aromatic nitrogens is 2. The number of hydrazine groups is 1. The van der Waals surface area contributed by atoms with Crippen LogP contribution in [0.1, 0.15) is 42.7 Å².